The van der Waals surface area contributed by atoms with Crippen LogP contribution in [0, 0.1) is 11.3 Å². The average Bonchev–Trinajstić information content (AvgIpc) is 4.05. The van der Waals surface area contributed by atoms with E-state index in [9.17, 15) is 19.2 Å². The molecule has 0 bridgehead atoms. The molecule has 6 aliphatic heterocycles. The Balaban J connectivity index is 0.705. The second-order valence-corrected chi connectivity index (χ2v) is 23.1. The van der Waals surface area contributed by atoms with Gasteiger partial charge in [0.25, 0.3) is 0 Å². The summed E-state index contributed by atoms with van der Waals surface area (Å²) in [4.78, 5) is 93.6. The van der Waals surface area contributed by atoms with Gasteiger partial charge in [-0.3, -0.25) is 29.3 Å². The second kappa shape index (κ2) is 18.5. The topological polar surface area (TPSA) is 169 Å². The van der Waals surface area contributed by atoms with Gasteiger partial charge in [-0.25, -0.2) is 15.0 Å². The minimum Gasteiger partial charge on any atom is -0.366 e. The Kier molecular flexibility index (Phi) is 12.1. The Hall–Kier alpha value is -5.90. The Bertz CT molecular complexity index is 2770. The third kappa shape index (κ3) is 8.42. The number of piperidine rings is 5. The highest BCUT2D eigenvalue weighted by atomic mass is 16.2. The van der Waals surface area contributed by atoms with Gasteiger partial charge in [0.05, 0.1) is 28.9 Å². The zero-order valence-corrected chi connectivity index (χ0v) is 42.4. The Morgan fingerprint density at radius 1 is 0.792 bits per heavy atom. The number of anilines is 3. The van der Waals surface area contributed by atoms with Gasteiger partial charge in [-0.2, -0.15) is 0 Å². The number of benzene rings is 1. The van der Waals surface area contributed by atoms with Crippen molar-refractivity contribution in [2.75, 3.05) is 67.5 Å². The number of carbonyl (C=O) groups excluding carboxylic acids is 5. The molecule has 2 aliphatic carbocycles. The van der Waals surface area contributed by atoms with Gasteiger partial charge in [0.15, 0.2) is 5.82 Å². The molecule has 1 aromatic carbocycles. The van der Waals surface area contributed by atoms with Crippen LogP contribution in [0.1, 0.15) is 140 Å². The predicted octanol–water partition coefficient (Wildman–Crippen LogP) is 6.94. The average molecular weight is 978 g/mol. The first kappa shape index (κ1) is 47.1. The molecule has 72 heavy (non-hydrogen) atoms. The molecule has 4 aromatic rings. The maximum atomic E-state index is 15.3. The lowest BCUT2D eigenvalue weighted by Crippen LogP contribution is -2.59. The van der Waals surface area contributed by atoms with E-state index in [4.69, 9.17) is 9.97 Å². The molecule has 0 unspecified atom stereocenters. The minimum absolute atomic E-state index is 0.0725. The fraction of sp³-hybridized carbons (Fsp3) is 0.607. The van der Waals surface area contributed by atoms with Gasteiger partial charge in [-0.15, -0.1) is 0 Å². The normalized spacial score (nSPS) is 25.8. The largest absolute Gasteiger partial charge is 0.366 e. The summed E-state index contributed by atoms with van der Waals surface area (Å²) in [5, 5.41) is 6.13. The van der Waals surface area contributed by atoms with Crippen molar-refractivity contribution in [3.8, 4) is 11.3 Å². The molecule has 0 radical (unpaired) electrons. The minimum atomic E-state index is -0.686. The van der Waals surface area contributed by atoms with Crippen molar-refractivity contribution < 1.29 is 24.0 Å². The number of nitrogens with zero attached hydrogens (tertiary/aromatic N) is 9. The SMILES string of the molecule is CC(C)n1cnc2cc(-c3ccc4c(c3)N(C3CC(N5CCCCC5)C3)C(=O)C43CCN(C(=O)C4(C)CCN(C(=O)C5CCN(c6ccc([C@@H]7CCC(=O)NC7=O)cn6)CC5)CC4)CC3)nc(NC3CC3)c21. The molecular weight excluding hydrogens is 907 g/mol. The Morgan fingerprint density at radius 2 is 1.53 bits per heavy atom. The second-order valence-electron chi connectivity index (χ2n) is 23.1. The van der Waals surface area contributed by atoms with E-state index in [0.29, 0.717) is 89.9 Å². The van der Waals surface area contributed by atoms with Gasteiger partial charge < -0.3 is 34.4 Å². The first-order chi connectivity index (χ1) is 34.9. The van der Waals surface area contributed by atoms with Gasteiger partial charge in [0.1, 0.15) is 11.3 Å². The third-order valence-electron chi connectivity index (χ3n) is 18.3. The molecule has 16 heteroatoms. The summed E-state index contributed by atoms with van der Waals surface area (Å²) in [6.45, 7) is 12.3. The third-order valence-corrected chi connectivity index (χ3v) is 18.3. The van der Waals surface area contributed by atoms with Crippen molar-refractivity contribution in [1.82, 2.24) is 39.5 Å². The molecule has 380 valence electrons. The van der Waals surface area contributed by atoms with Crippen molar-refractivity contribution >= 4 is 57.9 Å². The van der Waals surface area contributed by atoms with Crippen molar-refractivity contribution in [2.24, 2.45) is 11.3 Å². The van der Waals surface area contributed by atoms with Crippen LogP contribution in [0.5, 0.6) is 0 Å². The molecule has 9 heterocycles. The van der Waals surface area contributed by atoms with Crippen LogP contribution in [0.2, 0.25) is 0 Å². The van der Waals surface area contributed by atoms with E-state index in [1.165, 1.54) is 19.3 Å². The molecule has 5 saturated heterocycles. The molecule has 1 atom stereocenters. The highest BCUT2D eigenvalue weighted by Gasteiger charge is 2.56. The number of hydrogen-bond donors (Lipinski definition) is 2. The smallest absolute Gasteiger partial charge is 0.238 e. The van der Waals surface area contributed by atoms with Crippen molar-refractivity contribution in [2.45, 2.75) is 153 Å². The van der Waals surface area contributed by atoms with Crippen molar-refractivity contribution in [3.05, 3.63) is 60.0 Å². The number of rotatable bonds is 10. The van der Waals surface area contributed by atoms with Gasteiger partial charge in [-0.05, 0) is 140 Å². The molecule has 2 saturated carbocycles. The van der Waals surface area contributed by atoms with E-state index in [1.807, 2.05) is 28.3 Å². The van der Waals surface area contributed by atoms with E-state index in [2.05, 4.69) is 79.9 Å². The summed E-state index contributed by atoms with van der Waals surface area (Å²) >= 11 is 0. The quantitative estimate of drug-likeness (QED) is 0.158. The lowest BCUT2D eigenvalue weighted by molar-refractivity contribution is -0.150. The number of likely N-dealkylation sites (tertiary alicyclic amines) is 3. The summed E-state index contributed by atoms with van der Waals surface area (Å²) in [6, 6.07) is 13.9. The van der Waals surface area contributed by atoms with Gasteiger partial charge in [0, 0.05) is 98.6 Å². The number of carbonyl (C=O) groups is 5. The molecule has 1 spiro atoms. The first-order valence-corrected chi connectivity index (χ1v) is 27.4. The van der Waals surface area contributed by atoms with Crippen LogP contribution in [-0.4, -0.2) is 134 Å². The fourth-order valence-electron chi connectivity index (χ4n) is 13.4. The maximum Gasteiger partial charge on any atom is 0.238 e. The summed E-state index contributed by atoms with van der Waals surface area (Å²) in [5.41, 5.74) is 5.44. The standard InChI is InChI=1S/C56H71N11O5/c1-35(2)66-34-58-45-32-44(60-50(49(45)66)59-39-9-10-39)37-7-12-43-46(29-37)67(41-30-40(31-41)62-21-5-4-6-22-62)54(72)56(43)19-27-65(28-20-56)53(71)55(3)17-25-64(26-18-55)52(70)36-15-23-63(24-16-36)47-13-8-38(33-57-47)42-11-14-48(68)61-51(42)69/h7-8,12-13,29,32-36,39-42H,4-6,9-11,14-28,30-31H2,1-3H3,(H,59,60)(H,61,68,69)/t40?,41?,42-/m0/s1. The summed E-state index contributed by atoms with van der Waals surface area (Å²) in [7, 11) is 0. The van der Waals surface area contributed by atoms with Crippen LogP contribution >= 0.6 is 0 Å². The van der Waals surface area contributed by atoms with E-state index in [1.54, 1.807) is 6.20 Å². The number of nitrogens with one attached hydrogen (secondary N) is 2. The number of amides is 5. The lowest BCUT2D eigenvalue weighted by atomic mass is 9.72. The van der Waals surface area contributed by atoms with Crippen LogP contribution in [0.3, 0.4) is 0 Å². The van der Waals surface area contributed by atoms with Crippen molar-refractivity contribution in [1.29, 1.82) is 0 Å². The van der Waals surface area contributed by atoms with Gasteiger partial charge in [-0.1, -0.05) is 31.5 Å². The van der Waals surface area contributed by atoms with E-state index in [0.717, 1.165) is 102 Å². The molecule has 2 N–H and O–H groups in total. The summed E-state index contributed by atoms with van der Waals surface area (Å²) in [5.74, 6) is 1.29. The predicted molar refractivity (Wildman–Crippen MR) is 275 cm³/mol. The Labute approximate surface area is 422 Å². The lowest BCUT2D eigenvalue weighted by Gasteiger charge is -2.48. The van der Waals surface area contributed by atoms with Gasteiger partial charge >= 0.3 is 0 Å². The number of imidazole rings is 1. The number of imide groups is 1. The Morgan fingerprint density at radius 3 is 2.21 bits per heavy atom. The number of aromatic nitrogens is 4. The van der Waals surface area contributed by atoms with Crippen molar-refractivity contribution in [3.63, 3.8) is 0 Å². The zero-order valence-electron chi connectivity index (χ0n) is 42.4. The number of fused-ring (bicyclic) bond motifs is 3. The van der Waals surface area contributed by atoms with E-state index >= 15 is 4.79 Å². The molecule has 7 fully saturated rings. The van der Waals surface area contributed by atoms with Crippen LogP contribution in [0.15, 0.2) is 48.9 Å². The highest BCUT2D eigenvalue weighted by molar-refractivity contribution is 6.09. The molecular formula is C56H71N11O5. The van der Waals surface area contributed by atoms with Crippen LogP contribution in [0.25, 0.3) is 22.3 Å². The maximum absolute atomic E-state index is 15.3. The fourth-order valence-corrected chi connectivity index (χ4v) is 13.4. The molecule has 16 nitrogen and oxygen atoms in total. The van der Waals surface area contributed by atoms with Crippen LogP contribution in [-0.2, 0) is 29.4 Å². The molecule has 3 aromatic heterocycles. The monoisotopic (exact) mass is 978 g/mol. The number of hydrogen-bond acceptors (Lipinski definition) is 11. The van der Waals surface area contributed by atoms with E-state index < -0.39 is 10.8 Å². The van der Waals surface area contributed by atoms with E-state index in [-0.39, 0.29) is 53.5 Å². The molecule has 5 amide bonds. The van der Waals surface area contributed by atoms with Gasteiger partial charge in [0.2, 0.25) is 29.5 Å². The highest BCUT2D eigenvalue weighted by Crippen LogP contribution is 2.53. The van der Waals surface area contributed by atoms with Crippen LogP contribution in [0.4, 0.5) is 17.3 Å². The first-order valence-electron chi connectivity index (χ1n) is 27.4. The number of pyridine rings is 2. The molecule has 8 aliphatic rings. The summed E-state index contributed by atoms with van der Waals surface area (Å²) in [6.07, 6.45) is 16.4. The zero-order chi connectivity index (χ0) is 49.5. The molecule has 12 rings (SSSR count). The summed E-state index contributed by atoms with van der Waals surface area (Å²) < 4.78 is 2.20. The van der Waals surface area contributed by atoms with Crippen LogP contribution < -0.4 is 20.4 Å².